The van der Waals surface area contributed by atoms with Gasteiger partial charge in [-0.1, -0.05) is 42.5 Å². The molecule has 1 atom stereocenters. The molecule has 0 aliphatic carbocycles. The van der Waals surface area contributed by atoms with Crippen LogP contribution in [0.1, 0.15) is 29.0 Å². The molecule has 2 aromatic carbocycles. The number of nitrogens with one attached hydrogen (secondary N) is 1. The van der Waals surface area contributed by atoms with Crippen molar-refractivity contribution < 1.29 is 4.79 Å². The molecule has 0 bridgehead atoms. The second kappa shape index (κ2) is 9.03. The summed E-state index contributed by atoms with van der Waals surface area (Å²) in [6, 6.07) is 22.4. The second-order valence-corrected chi connectivity index (χ2v) is 9.58. The molecule has 9 heteroatoms. The number of aromatic nitrogens is 4. The predicted molar refractivity (Wildman–Crippen MR) is 146 cm³/mol. The summed E-state index contributed by atoms with van der Waals surface area (Å²) in [5, 5.41) is 10.6. The number of nitrogen functional groups attached to an aromatic ring is 1. The van der Waals surface area contributed by atoms with Crippen LogP contribution in [0.5, 0.6) is 0 Å². The third kappa shape index (κ3) is 3.85. The number of amides is 1. The normalized spacial score (nSPS) is 12.1. The maximum atomic E-state index is 14.1. The molecule has 1 unspecified atom stereocenters. The highest BCUT2D eigenvalue weighted by atomic mass is 32.1. The molecular formula is C28H22N6O2S. The number of rotatable bonds is 5. The van der Waals surface area contributed by atoms with Crippen LogP contribution < -0.4 is 16.6 Å². The highest BCUT2D eigenvalue weighted by Crippen LogP contribution is 2.32. The molecule has 0 aliphatic rings. The van der Waals surface area contributed by atoms with Gasteiger partial charge in [-0.3, -0.25) is 14.2 Å². The summed E-state index contributed by atoms with van der Waals surface area (Å²) in [5.74, 6) is -0.332. The van der Waals surface area contributed by atoms with E-state index in [1.54, 1.807) is 34.4 Å². The monoisotopic (exact) mass is 506 g/mol. The maximum absolute atomic E-state index is 14.1. The van der Waals surface area contributed by atoms with E-state index in [-0.39, 0.29) is 16.9 Å². The van der Waals surface area contributed by atoms with Crippen molar-refractivity contribution in [3.63, 3.8) is 0 Å². The Labute approximate surface area is 215 Å². The number of carbonyl (C=O) groups excluding carboxylic acids is 1. The minimum atomic E-state index is -0.534. The zero-order valence-corrected chi connectivity index (χ0v) is 20.6. The lowest BCUT2D eigenvalue weighted by atomic mass is 10.0. The fourth-order valence-electron chi connectivity index (χ4n) is 4.65. The fourth-order valence-corrected chi connectivity index (χ4v) is 5.40. The van der Waals surface area contributed by atoms with Crippen LogP contribution >= 0.6 is 11.3 Å². The number of anilines is 1. The van der Waals surface area contributed by atoms with Crippen LogP contribution in [0.15, 0.2) is 95.4 Å². The molecule has 6 aromatic rings. The average molecular weight is 507 g/mol. The number of hydrogen-bond acceptors (Lipinski definition) is 6. The number of benzene rings is 2. The van der Waals surface area contributed by atoms with E-state index in [1.807, 2.05) is 79.0 Å². The van der Waals surface area contributed by atoms with Gasteiger partial charge in [0.2, 0.25) is 0 Å². The van der Waals surface area contributed by atoms with Crippen LogP contribution in [0.3, 0.4) is 0 Å². The molecule has 1 amide bonds. The van der Waals surface area contributed by atoms with Gasteiger partial charge < -0.3 is 11.1 Å². The first-order valence-corrected chi connectivity index (χ1v) is 12.6. The minimum absolute atomic E-state index is 0.0861. The van der Waals surface area contributed by atoms with Crippen molar-refractivity contribution in [2.45, 2.75) is 13.0 Å². The Morgan fingerprint density at radius 3 is 2.68 bits per heavy atom. The lowest BCUT2D eigenvalue weighted by molar-refractivity contribution is 0.0941. The summed E-state index contributed by atoms with van der Waals surface area (Å²) in [6.45, 7) is 1.84. The van der Waals surface area contributed by atoms with E-state index >= 15 is 0 Å². The highest BCUT2D eigenvalue weighted by Gasteiger charge is 2.24. The van der Waals surface area contributed by atoms with Crippen LogP contribution in [-0.4, -0.2) is 25.1 Å². The molecule has 6 rings (SSSR count). The Balaban J connectivity index is 1.51. The molecule has 0 saturated carbocycles. The van der Waals surface area contributed by atoms with Crippen LogP contribution in [-0.2, 0) is 0 Å². The van der Waals surface area contributed by atoms with Crippen molar-refractivity contribution in [2.24, 2.45) is 0 Å². The summed E-state index contributed by atoms with van der Waals surface area (Å²) in [5.41, 5.74) is 8.71. The van der Waals surface area contributed by atoms with E-state index < -0.39 is 11.9 Å². The summed E-state index contributed by atoms with van der Waals surface area (Å²) in [7, 11) is 0. The van der Waals surface area contributed by atoms with E-state index in [0.29, 0.717) is 22.4 Å². The molecule has 8 nitrogen and oxygen atoms in total. The summed E-state index contributed by atoms with van der Waals surface area (Å²) >= 11 is 1.59. The summed E-state index contributed by atoms with van der Waals surface area (Å²) < 4.78 is 3.14. The number of hydrogen-bond donors (Lipinski definition) is 2. The van der Waals surface area contributed by atoms with Crippen molar-refractivity contribution in [1.82, 2.24) is 24.5 Å². The third-order valence-corrected chi connectivity index (χ3v) is 7.22. The molecule has 37 heavy (non-hydrogen) atoms. The van der Waals surface area contributed by atoms with Gasteiger partial charge in [-0.2, -0.15) is 0 Å². The summed E-state index contributed by atoms with van der Waals surface area (Å²) in [4.78, 5) is 32.8. The van der Waals surface area contributed by atoms with Gasteiger partial charge in [-0.05, 0) is 48.0 Å². The third-order valence-electron chi connectivity index (χ3n) is 6.32. The Morgan fingerprint density at radius 1 is 1.05 bits per heavy atom. The van der Waals surface area contributed by atoms with Crippen molar-refractivity contribution in [3.8, 4) is 16.1 Å². The second-order valence-electron chi connectivity index (χ2n) is 8.64. The number of carbonyl (C=O) groups is 1. The number of fused-ring (bicyclic) bond motifs is 2. The SMILES string of the molecule is CC(NC(=O)c1c(N)nn2cccnc12)c1cc2cccc(-c3cccs3)c2c(=O)n1-c1ccccc1. The van der Waals surface area contributed by atoms with E-state index in [4.69, 9.17) is 5.73 Å². The van der Waals surface area contributed by atoms with Crippen LogP contribution in [0, 0.1) is 0 Å². The minimum Gasteiger partial charge on any atom is -0.381 e. The first-order valence-electron chi connectivity index (χ1n) is 11.7. The van der Waals surface area contributed by atoms with Gasteiger partial charge in [-0.15, -0.1) is 16.4 Å². The van der Waals surface area contributed by atoms with Crippen molar-refractivity contribution in [1.29, 1.82) is 0 Å². The van der Waals surface area contributed by atoms with Gasteiger partial charge in [0.15, 0.2) is 11.5 Å². The van der Waals surface area contributed by atoms with Crippen molar-refractivity contribution in [2.75, 3.05) is 5.73 Å². The van der Waals surface area contributed by atoms with Gasteiger partial charge in [0, 0.05) is 34.2 Å². The molecule has 0 aliphatic heterocycles. The number of pyridine rings is 1. The van der Waals surface area contributed by atoms with Gasteiger partial charge >= 0.3 is 0 Å². The van der Waals surface area contributed by atoms with E-state index in [2.05, 4.69) is 15.4 Å². The van der Waals surface area contributed by atoms with Crippen LogP contribution in [0.4, 0.5) is 5.82 Å². The highest BCUT2D eigenvalue weighted by molar-refractivity contribution is 7.13. The van der Waals surface area contributed by atoms with E-state index in [1.165, 1.54) is 4.52 Å². The Bertz CT molecular complexity index is 1820. The molecule has 0 radical (unpaired) electrons. The largest absolute Gasteiger partial charge is 0.381 e. The number of thiophene rings is 1. The topological polar surface area (TPSA) is 107 Å². The van der Waals surface area contributed by atoms with Gasteiger partial charge in [0.05, 0.1) is 11.4 Å². The van der Waals surface area contributed by atoms with Crippen LogP contribution in [0.25, 0.3) is 32.5 Å². The lowest BCUT2D eigenvalue weighted by Crippen LogP contribution is -2.32. The molecular weight excluding hydrogens is 484 g/mol. The quantitative estimate of drug-likeness (QED) is 0.348. The van der Waals surface area contributed by atoms with E-state index in [0.717, 1.165) is 15.8 Å². The van der Waals surface area contributed by atoms with Gasteiger partial charge in [-0.25, -0.2) is 9.50 Å². The lowest BCUT2D eigenvalue weighted by Gasteiger charge is -2.21. The van der Waals surface area contributed by atoms with E-state index in [9.17, 15) is 9.59 Å². The van der Waals surface area contributed by atoms with Gasteiger partial charge in [0.1, 0.15) is 5.56 Å². The predicted octanol–water partition coefficient (Wildman–Crippen LogP) is 4.84. The number of nitrogens with zero attached hydrogens (tertiary/aromatic N) is 4. The Hall–Kier alpha value is -4.76. The summed E-state index contributed by atoms with van der Waals surface area (Å²) in [6.07, 6.45) is 3.26. The first kappa shape index (κ1) is 22.7. The van der Waals surface area contributed by atoms with Gasteiger partial charge in [0.25, 0.3) is 11.5 Å². The molecule has 0 fully saturated rings. The zero-order valence-electron chi connectivity index (χ0n) is 19.8. The first-order chi connectivity index (χ1) is 18.0. The van der Waals surface area contributed by atoms with Crippen LogP contribution in [0.2, 0.25) is 0 Å². The maximum Gasteiger partial charge on any atom is 0.263 e. The molecule has 182 valence electrons. The fraction of sp³-hybridized carbons (Fsp3) is 0.0714. The molecule has 0 spiro atoms. The van der Waals surface area contributed by atoms with Crippen molar-refractivity contribution >= 4 is 39.5 Å². The number of nitrogens with two attached hydrogens (primary N) is 1. The molecule has 3 N–H and O–H groups in total. The molecule has 0 saturated heterocycles. The number of para-hydroxylation sites is 1. The Morgan fingerprint density at radius 2 is 1.89 bits per heavy atom. The Kier molecular flexibility index (Phi) is 5.54. The van der Waals surface area contributed by atoms with Crippen molar-refractivity contribution in [3.05, 3.63) is 112 Å². The zero-order chi connectivity index (χ0) is 25.5. The molecule has 4 aromatic heterocycles. The smallest absolute Gasteiger partial charge is 0.263 e. The average Bonchev–Trinajstić information content (AvgIpc) is 3.56. The standard InChI is InChI=1S/C28H22N6O2S/c1-17(31-27(35)24-25(29)32-33-14-7-13-30-26(24)33)21-16-18-8-5-11-20(22-12-6-15-37-22)23(18)28(36)34(21)19-9-3-2-4-10-19/h2-17H,1H3,(H2,29,32)(H,31,35). The molecule has 4 heterocycles.